The molecule has 110 valence electrons. The Hall–Kier alpha value is -2.56. The van der Waals surface area contributed by atoms with Crippen molar-refractivity contribution in [2.75, 3.05) is 17.7 Å². The molecule has 3 N–H and O–H groups in total. The van der Waals surface area contributed by atoms with E-state index in [1.54, 1.807) is 11.9 Å². The zero-order valence-corrected chi connectivity index (χ0v) is 11.9. The highest BCUT2D eigenvalue weighted by Gasteiger charge is 2.20. The van der Waals surface area contributed by atoms with Gasteiger partial charge in [-0.3, -0.25) is 0 Å². The molecule has 0 radical (unpaired) electrons. The summed E-state index contributed by atoms with van der Waals surface area (Å²) >= 11 is 0. The van der Waals surface area contributed by atoms with Crippen molar-refractivity contribution in [1.29, 1.82) is 0 Å². The molecule has 0 fully saturated rings. The summed E-state index contributed by atoms with van der Waals surface area (Å²) in [6.07, 6.45) is 0. The molecule has 0 aliphatic rings. The molecule has 5 heteroatoms. The van der Waals surface area contributed by atoms with Crippen molar-refractivity contribution < 1.29 is 14.3 Å². The number of carboxylic acids is 1. The van der Waals surface area contributed by atoms with Gasteiger partial charge in [-0.15, -0.1) is 0 Å². The van der Waals surface area contributed by atoms with E-state index in [2.05, 4.69) is 0 Å². The van der Waals surface area contributed by atoms with Crippen molar-refractivity contribution >= 4 is 17.3 Å². The number of nitrogens with two attached hydrogens (primary N) is 1. The molecule has 0 aromatic heterocycles. The minimum Gasteiger partial charge on any atom is -0.478 e. The highest BCUT2D eigenvalue weighted by Crippen LogP contribution is 2.28. The van der Waals surface area contributed by atoms with E-state index in [9.17, 15) is 14.3 Å². The first-order chi connectivity index (χ1) is 9.90. The van der Waals surface area contributed by atoms with Crippen LogP contribution < -0.4 is 10.6 Å². The maximum absolute atomic E-state index is 13.5. The molecule has 2 aromatic carbocycles. The van der Waals surface area contributed by atoms with Crippen LogP contribution in [0, 0.1) is 12.7 Å². The number of aryl methyl sites for hydroxylation is 1. The van der Waals surface area contributed by atoms with Crippen LogP contribution in [0.1, 0.15) is 21.5 Å². The van der Waals surface area contributed by atoms with E-state index in [-0.39, 0.29) is 11.3 Å². The molecular formula is C16H17FN2O2. The zero-order valence-electron chi connectivity index (χ0n) is 11.9. The highest BCUT2D eigenvalue weighted by atomic mass is 19.1. The SMILES string of the molecule is Cc1cccc(CN(C)c2ccc(F)c(N)c2C(=O)O)c1. The van der Waals surface area contributed by atoms with Crippen LogP contribution in [0.4, 0.5) is 15.8 Å². The second kappa shape index (κ2) is 5.83. The Balaban J connectivity index is 2.37. The second-order valence-corrected chi connectivity index (χ2v) is 5.01. The number of carboxylic acid groups (broad SMARTS) is 1. The number of aromatic carboxylic acids is 1. The summed E-state index contributed by atoms with van der Waals surface area (Å²) in [7, 11) is 1.75. The first-order valence-corrected chi connectivity index (χ1v) is 6.48. The molecule has 0 bridgehead atoms. The lowest BCUT2D eigenvalue weighted by atomic mass is 10.1. The molecule has 4 nitrogen and oxygen atoms in total. The minimum absolute atomic E-state index is 0.204. The van der Waals surface area contributed by atoms with Gasteiger partial charge in [-0.25, -0.2) is 9.18 Å². The van der Waals surface area contributed by atoms with Gasteiger partial charge in [-0.05, 0) is 24.6 Å². The molecule has 0 heterocycles. The van der Waals surface area contributed by atoms with Gasteiger partial charge in [0.15, 0.2) is 0 Å². The van der Waals surface area contributed by atoms with E-state index >= 15 is 0 Å². The molecule has 21 heavy (non-hydrogen) atoms. The van der Waals surface area contributed by atoms with Crippen molar-refractivity contribution in [2.45, 2.75) is 13.5 Å². The first kappa shape index (κ1) is 14.8. The Morgan fingerprint density at radius 2 is 2.05 bits per heavy atom. The van der Waals surface area contributed by atoms with Crippen LogP contribution in [0.2, 0.25) is 0 Å². The number of nitrogens with zero attached hydrogens (tertiary/aromatic N) is 1. The molecule has 0 spiro atoms. The minimum atomic E-state index is -1.24. The lowest BCUT2D eigenvalue weighted by Gasteiger charge is -2.22. The van der Waals surface area contributed by atoms with Gasteiger partial charge in [0.25, 0.3) is 0 Å². The summed E-state index contributed by atoms with van der Waals surface area (Å²) in [6, 6.07) is 10.5. The van der Waals surface area contributed by atoms with Crippen molar-refractivity contribution in [3.05, 3.63) is 58.9 Å². The van der Waals surface area contributed by atoms with Crippen LogP contribution in [0.3, 0.4) is 0 Å². The Morgan fingerprint density at radius 3 is 2.67 bits per heavy atom. The van der Waals surface area contributed by atoms with Crippen LogP contribution in [-0.4, -0.2) is 18.1 Å². The van der Waals surface area contributed by atoms with E-state index in [0.29, 0.717) is 12.2 Å². The molecule has 0 atom stereocenters. The number of anilines is 2. The van der Waals surface area contributed by atoms with Crippen LogP contribution in [0.5, 0.6) is 0 Å². The molecule has 0 aliphatic carbocycles. The molecular weight excluding hydrogens is 271 g/mol. The van der Waals surface area contributed by atoms with Gasteiger partial charge in [-0.2, -0.15) is 0 Å². The van der Waals surface area contributed by atoms with Crippen LogP contribution in [0.25, 0.3) is 0 Å². The van der Waals surface area contributed by atoms with Gasteiger partial charge in [-0.1, -0.05) is 29.8 Å². The molecule has 2 aromatic rings. The third kappa shape index (κ3) is 3.13. The monoisotopic (exact) mass is 288 g/mol. The zero-order chi connectivity index (χ0) is 15.6. The Bertz CT molecular complexity index is 686. The van der Waals surface area contributed by atoms with Crippen LogP contribution in [-0.2, 0) is 6.54 Å². The normalized spacial score (nSPS) is 10.4. The summed E-state index contributed by atoms with van der Waals surface area (Å²) in [4.78, 5) is 13.1. The number of benzene rings is 2. The van der Waals surface area contributed by atoms with Gasteiger partial charge in [0.1, 0.15) is 11.4 Å². The number of halogens is 1. The van der Waals surface area contributed by atoms with E-state index in [4.69, 9.17) is 5.73 Å². The smallest absolute Gasteiger partial charge is 0.340 e. The third-order valence-corrected chi connectivity index (χ3v) is 3.30. The van der Waals surface area contributed by atoms with Crippen molar-refractivity contribution in [3.8, 4) is 0 Å². The summed E-state index contributed by atoms with van der Waals surface area (Å²) in [5.41, 5.74) is 7.57. The molecule has 2 rings (SSSR count). The van der Waals surface area contributed by atoms with Gasteiger partial charge < -0.3 is 15.7 Å². The Labute approximate surface area is 122 Å². The van der Waals surface area contributed by atoms with Crippen molar-refractivity contribution in [3.63, 3.8) is 0 Å². The van der Waals surface area contributed by atoms with Gasteiger partial charge >= 0.3 is 5.97 Å². The number of nitrogen functional groups attached to an aromatic ring is 1. The summed E-state index contributed by atoms with van der Waals surface area (Å²) in [5.74, 6) is -1.96. The first-order valence-electron chi connectivity index (χ1n) is 6.48. The maximum atomic E-state index is 13.5. The van der Waals surface area contributed by atoms with E-state index in [1.165, 1.54) is 12.1 Å². The Morgan fingerprint density at radius 1 is 1.33 bits per heavy atom. The average Bonchev–Trinajstić information content (AvgIpc) is 2.41. The fourth-order valence-electron chi connectivity index (χ4n) is 2.29. The van der Waals surface area contributed by atoms with E-state index < -0.39 is 11.8 Å². The molecule has 0 amide bonds. The largest absolute Gasteiger partial charge is 0.478 e. The van der Waals surface area contributed by atoms with Crippen molar-refractivity contribution in [2.24, 2.45) is 0 Å². The van der Waals surface area contributed by atoms with Crippen LogP contribution >= 0.6 is 0 Å². The average molecular weight is 288 g/mol. The van der Waals surface area contributed by atoms with Gasteiger partial charge in [0, 0.05) is 13.6 Å². The van der Waals surface area contributed by atoms with Gasteiger partial charge in [0.05, 0.1) is 11.4 Å². The quantitative estimate of drug-likeness (QED) is 0.849. The fourth-order valence-corrected chi connectivity index (χ4v) is 2.29. The lowest BCUT2D eigenvalue weighted by Crippen LogP contribution is -2.20. The number of carbonyl (C=O) groups is 1. The third-order valence-electron chi connectivity index (χ3n) is 3.30. The van der Waals surface area contributed by atoms with E-state index in [1.807, 2.05) is 31.2 Å². The lowest BCUT2D eigenvalue weighted by molar-refractivity contribution is 0.0698. The summed E-state index contributed by atoms with van der Waals surface area (Å²) in [6.45, 7) is 2.50. The van der Waals surface area contributed by atoms with Gasteiger partial charge in [0.2, 0.25) is 0 Å². The maximum Gasteiger partial charge on any atom is 0.340 e. The van der Waals surface area contributed by atoms with Crippen molar-refractivity contribution in [1.82, 2.24) is 0 Å². The number of hydrogen-bond acceptors (Lipinski definition) is 3. The topological polar surface area (TPSA) is 66.6 Å². The molecule has 0 aliphatic heterocycles. The highest BCUT2D eigenvalue weighted by molar-refractivity contribution is 6.00. The van der Waals surface area contributed by atoms with Crippen LogP contribution in [0.15, 0.2) is 36.4 Å². The van der Waals surface area contributed by atoms with E-state index in [0.717, 1.165) is 11.1 Å². The summed E-state index contributed by atoms with van der Waals surface area (Å²) < 4.78 is 13.5. The fraction of sp³-hybridized carbons (Fsp3) is 0.188. The predicted molar refractivity (Wildman–Crippen MR) is 81.1 cm³/mol. The molecule has 0 saturated heterocycles. The number of hydrogen-bond donors (Lipinski definition) is 2. The predicted octanol–water partition coefficient (Wildman–Crippen LogP) is 3.05. The molecule has 0 saturated carbocycles. The standard InChI is InChI=1S/C16H17FN2O2/c1-10-4-3-5-11(8-10)9-19(2)13-7-6-12(17)15(18)14(13)16(20)21/h3-8H,9,18H2,1-2H3,(H,20,21). The summed E-state index contributed by atoms with van der Waals surface area (Å²) in [5, 5.41) is 9.26. The molecule has 0 unspecified atom stereocenters. The number of rotatable bonds is 4. The Kier molecular flexibility index (Phi) is 4.12. The second-order valence-electron chi connectivity index (χ2n) is 5.01.